The van der Waals surface area contributed by atoms with Gasteiger partial charge < -0.3 is 5.32 Å². The van der Waals surface area contributed by atoms with Gasteiger partial charge in [0.25, 0.3) is 0 Å². The van der Waals surface area contributed by atoms with Crippen LogP contribution in [0, 0.1) is 0 Å². The lowest BCUT2D eigenvalue weighted by Gasteiger charge is -2.19. The molecule has 0 spiro atoms. The number of hydrogen-bond donors (Lipinski definition) is 1. The van der Waals surface area contributed by atoms with Gasteiger partial charge in [0, 0.05) is 5.54 Å². The molecule has 0 saturated carbocycles. The van der Waals surface area contributed by atoms with Crippen LogP contribution in [0.3, 0.4) is 0 Å². The highest BCUT2D eigenvalue weighted by molar-refractivity contribution is 7.22. The Kier molecular flexibility index (Phi) is 3.13. The molecule has 1 aromatic carbocycles. The van der Waals surface area contributed by atoms with Crippen LogP contribution >= 0.6 is 11.3 Å². The summed E-state index contributed by atoms with van der Waals surface area (Å²) in [5.74, 6) is 0.570. The van der Waals surface area contributed by atoms with Gasteiger partial charge in [-0.3, -0.25) is 0 Å². The second kappa shape index (κ2) is 4.30. The van der Waals surface area contributed by atoms with Crippen LogP contribution in [0.2, 0.25) is 0 Å². The molecule has 3 heteroatoms. The fraction of sp³-hybridized carbons (Fsp3) is 0.500. The minimum atomic E-state index is 0.0642. The van der Waals surface area contributed by atoms with E-state index < -0.39 is 0 Å². The van der Waals surface area contributed by atoms with Crippen LogP contribution in [0.4, 0.5) is 5.13 Å². The van der Waals surface area contributed by atoms with Gasteiger partial charge in [-0.15, -0.1) is 0 Å². The average molecular weight is 248 g/mol. The quantitative estimate of drug-likeness (QED) is 0.838. The van der Waals surface area contributed by atoms with E-state index in [1.54, 1.807) is 11.3 Å². The van der Waals surface area contributed by atoms with Crippen molar-refractivity contribution in [2.45, 2.75) is 46.1 Å². The number of thiazole rings is 1. The van der Waals surface area contributed by atoms with E-state index in [0.717, 1.165) is 10.6 Å². The van der Waals surface area contributed by atoms with Crippen LogP contribution in [0.25, 0.3) is 10.2 Å². The number of nitrogens with zero attached hydrogens (tertiary/aromatic N) is 1. The van der Waals surface area contributed by atoms with Crippen molar-refractivity contribution in [2.24, 2.45) is 0 Å². The molecule has 0 aliphatic rings. The molecule has 0 unspecified atom stereocenters. The van der Waals surface area contributed by atoms with Gasteiger partial charge in [-0.25, -0.2) is 4.98 Å². The normalized spacial score (nSPS) is 12.4. The Morgan fingerprint density at radius 3 is 2.53 bits per heavy atom. The van der Waals surface area contributed by atoms with E-state index in [2.05, 4.69) is 63.1 Å². The summed E-state index contributed by atoms with van der Waals surface area (Å²) in [6.45, 7) is 10.9. The summed E-state index contributed by atoms with van der Waals surface area (Å²) in [5.41, 5.74) is 2.53. The van der Waals surface area contributed by atoms with Crippen molar-refractivity contribution in [3.05, 3.63) is 23.8 Å². The summed E-state index contributed by atoms with van der Waals surface area (Å²) < 4.78 is 1.27. The first-order chi connectivity index (χ1) is 7.85. The van der Waals surface area contributed by atoms with Crippen LogP contribution in [0.15, 0.2) is 18.2 Å². The topological polar surface area (TPSA) is 24.9 Å². The van der Waals surface area contributed by atoms with Gasteiger partial charge in [-0.2, -0.15) is 0 Å². The van der Waals surface area contributed by atoms with Gasteiger partial charge in [0.05, 0.1) is 10.2 Å². The number of hydrogen-bond acceptors (Lipinski definition) is 3. The molecule has 0 amide bonds. The Balaban J connectivity index is 2.37. The van der Waals surface area contributed by atoms with E-state index in [9.17, 15) is 0 Å². The zero-order valence-electron chi connectivity index (χ0n) is 11.2. The fourth-order valence-electron chi connectivity index (χ4n) is 1.67. The first-order valence-corrected chi connectivity index (χ1v) is 6.85. The Morgan fingerprint density at radius 2 is 1.94 bits per heavy atom. The molecule has 92 valence electrons. The molecular formula is C14H20N2S. The lowest BCUT2D eigenvalue weighted by molar-refractivity contribution is 0.633. The maximum absolute atomic E-state index is 4.61. The van der Waals surface area contributed by atoms with Crippen molar-refractivity contribution in [1.29, 1.82) is 0 Å². The van der Waals surface area contributed by atoms with Crippen LogP contribution < -0.4 is 5.32 Å². The summed E-state index contributed by atoms with van der Waals surface area (Å²) in [6.07, 6.45) is 0. The molecule has 17 heavy (non-hydrogen) atoms. The third-order valence-corrected chi connectivity index (χ3v) is 3.49. The minimum Gasteiger partial charge on any atom is -0.357 e. The van der Waals surface area contributed by atoms with Crippen molar-refractivity contribution in [3.8, 4) is 0 Å². The third kappa shape index (κ3) is 2.97. The molecule has 0 bridgehead atoms. The number of aromatic nitrogens is 1. The summed E-state index contributed by atoms with van der Waals surface area (Å²) in [5, 5.41) is 4.43. The van der Waals surface area contributed by atoms with E-state index in [4.69, 9.17) is 0 Å². The van der Waals surface area contributed by atoms with E-state index in [0.29, 0.717) is 5.92 Å². The molecule has 1 heterocycles. The van der Waals surface area contributed by atoms with E-state index in [1.165, 1.54) is 10.3 Å². The molecule has 0 fully saturated rings. The van der Waals surface area contributed by atoms with Gasteiger partial charge in [0.2, 0.25) is 0 Å². The predicted molar refractivity (Wildman–Crippen MR) is 77.1 cm³/mol. The van der Waals surface area contributed by atoms with Crippen LogP contribution in [0.5, 0.6) is 0 Å². The number of benzene rings is 1. The summed E-state index contributed by atoms with van der Waals surface area (Å²) >= 11 is 1.73. The summed E-state index contributed by atoms with van der Waals surface area (Å²) in [7, 11) is 0. The van der Waals surface area contributed by atoms with Gasteiger partial charge in [0.1, 0.15) is 0 Å². The molecule has 0 atom stereocenters. The van der Waals surface area contributed by atoms with Gasteiger partial charge in [-0.1, -0.05) is 31.3 Å². The molecule has 0 saturated heterocycles. The predicted octanol–water partition coefficient (Wildman–Crippen LogP) is 4.63. The zero-order chi connectivity index (χ0) is 12.6. The smallest absolute Gasteiger partial charge is 0.184 e. The maximum atomic E-state index is 4.61. The van der Waals surface area contributed by atoms with Crippen LogP contribution in [0.1, 0.15) is 46.1 Å². The molecule has 2 aromatic rings. The van der Waals surface area contributed by atoms with Gasteiger partial charge >= 0.3 is 0 Å². The van der Waals surface area contributed by atoms with Crippen molar-refractivity contribution >= 4 is 26.7 Å². The van der Waals surface area contributed by atoms with Gasteiger partial charge in [0.15, 0.2) is 5.13 Å². The SMILES string of the molecule is CC(C)c1ccc2nc(NC(C)(C)C)sc2c1. The molecule has 0 radical (unpaired) electrons. The third-order valence-electron chi connectivity index (χ3n) is 2.56. The Hall–Kier alpha value is -1.09. The Morgan fingerprint density at radius 1 is 1.24 bits per heavy atom. The largest absolute Gasteiger partial charge is 0.357 e. The second-order valence-electron chi connectivity index (χ2n) is 5.78. The number of fused-ring (bicyclic) bond motifs is 1. The molecule has 0 aliphatic heterocycles. The Labute approximate surface area is 107 Å². The zero-order valence-corrected chi connectivity index (χ0v) is 12.0. The number of nitrogens with one attached hydrogen (secondary N) is 1. The molecule has 0 aliphatic carbocycles. The van der Waals surface area contributed by atoms with Crippen molar-refractivity contribution in [3.63, 3.8) is 0 Å². The highest BCUT2D eigenvalue weighted by Gasteiger charge is 2.13. The van der Waals surface area contributed by atoms with E-state index >= 15 is 0 Å². The highest BCUT2D eigenvalue weighted by atomic mass is 32.1. The average Bonchev–Trinajstić information content (AvgIpc) is 2.54. The standard InChI is InChI=1S/C14H20N2S/c1-9(2)10-6-7-11-12(8-10)17-13(15-11)16-14(3,4)5/h6-9H,1-5H3,(H,15,16). The summed E-state index contributed by atoms with van der Waals surface area (Å²) in [4.78, 5) is 4.61. The molecule has 2 rings (SSSR count). The lowest BCUT2D eigenvalue weighted by Crippen LogP contribution is -2.25. The fourth-order valence-corrected chi connectivity index (χ4v) is 2.80. The van der Waals surface area contributed by atoms with Crippen molar-refractivity contribution in [1.82, 2.24) is 4.98 Å². The van der Waals surface area contributed by atoms with Crippen molar-refractivity contribution in [2.75, 3.05) is 5.32 Å². The highest BCUT2D eigenvalue weighted by Crippen LogP contribution is 2.30. The number of rotatable bonds is 2. The van der Waals surface area contributed by atoms with Crippen LogP contribution in [-0.4, -0.2) is 10.5 Å². The first-order valence-electron chi connectivity index (χ1n) is 6.04. The van der Waals surface area contributed by atoms with Crippen molar-refractivity contribution < 1.29 is 0 Å². The maximum Gasteiger partial charge on any atom is 0.184 e. The minimum absolute atomic E-state index is 0.0642. The lowest BCUT2D eigenvalue weighted by atomic mass is 10.0. The monoisotopic (exact) mass is 248 g/mol. The van der Waals surface area contributed by atoms with E-state index in [1.807, 2.05) is 0 Å². The molecule has 2 nitrogen and oxygen atoms in total. The Bertz CT molecular complexity index is 520. The summed E-state index contributed by atoms with van der Waals surface area (Å²) in [6, 6.07) is 6.55. The van der Waals surface area contributed by atoms with E-state index in [-0.39, 0.29) is 5.54 Å². The number of anilines is 1. The van der Waals surface area contributed by atoms with Crippen LogP contribution in [-0.2, 0) is 0 Å². The molecular weight excluding hydrogens is 228 g/mol. The van der Waals surface area contributed by atoms with Gasteiger partial charge in [-0.05, 0) is 44.4 Å². The second-order valence-corrected chi connectivity index (χ2v) is 6.81. The molecule has 1 aromatic heterocycles. The molecule has 1 N–H and O–H groups in total. The first kappa shape index (κ1) is 12.4.